The third-order valence-corrected chi connectivity index (χ3v) is 5.29. The summed E-state index contributed by atoms with van der Waals surface area (Å²) in [5.74, 6) is 1.19. The molecule has 0 aliphatic carbocycles. The molecular formula is C17H14ClNO3S. The molecule has 2 aliphatic heterocycles. The Morgan fingerprint density at radius 3 is 3.17 bits per heavy atom. The zero-order valence-electron chi connectivity index (χ0n) is 12.3. The normalized spacial score (nSPS) is 16.0. The molecule has 118 valence electrons. The van der Waals surface area contributed by atoms with E-state index >= 15 is 0 Å². The summed E-state index contributed by atoms with van der Waals surface area (Å²) < 4.78 is 10.6. The van der Waals surface area contributed by atoms with Crippen LogP contribution in [-0.4, -0.2) is 24.1 Å². The number of rotatable bonds is 2. The fraction of sp³-hybridized carbons (Fsp3) is 0.235. The van der Waals surface area contributed by atoms with Crippen LogP contribution < -0.4 is 9.47 Å². The number of hydrogen-bond donors (Lipinski definition) is 0. The first-order valence-corrected chi connectivity index (χ1v) is 8.58. The van der Waals surface area contributed by atoms with Crippen molar-refractivity contribution in [3.05, 3.63) is 50.7 Å². The van der Waals surface area contributed by atoms with Gasteiger partial charge in [0.2, 0.25) is 12.7 Å². The Labute approximate surface area is 142 Å². The summed E-state index contributed by atoms with van der Waals surface area (Å²) >= 11 is 7.92. The van der Waals surface area contributed by atoms with Gasteiger partial charge in [-0.25, -0.2) is 0 Å². The molecule has 1 aromatic heterocycles. The summed E-state index contributed by atoms with van der Waals surface area (Å²) in [6, 6.07) is 5.69. The third kappa shape index (κ3) is 2.82. The van der Waals surface area contributed by atoms with E-state index in [9.17, 15) is 4.79 Å². The molecule has 0 atom stereocenters. The lowest BCUT2D eigenvalue weighted by molar-refractivity contribution is -0.126. The molecule has 0 radical (unpaired) electrons. The van der Waals surface area contributed by atoms with Crippen molar-refractivity contribution >= 4 is 34.9 Å². The highest BCUT2D eigenvalue weighted by molar-refractivity contribution is 7.10. The van der Waals surface area contributed by atoms with Gasteiger partial charge in [-0.05, 0) is 47.2 Å². The molecule has 3 heterocycles. The summed E-state index contributed by atoms with van der Waals surface area (Å²) in [5.41, 5.74) is 2.08. The van der Waals surface area contributed by atoms with Gasteiger partial charge >= 0.3 is 0 Å². The van der Waals surface area contributed by atoms with Crippen molar-refractivity contribution < 1.29 is 14.3 Å². The highest BCUT2D eigenvalue weighted by Gasteiger charge is 2.20. The second kappa shape index (κ2) is 5.91. The first-order chi connectivity index (χ1) is 11.2. The summed E-state index contributed by atoms with van der Waals surface area (Å²) in [5, 5.41) is 2.58. The van der Waals surface area contributed by atoms with E-state index in [2.05, 4.69) is 11.4 Å². The van der Waals surface area contributed by atoms with Crippen molar-refractivity contribution in [3.8, 4) is 11.5 Å². The highest BCUT2D eigenvalue weighted by atomic mass is 35.5. The number of nitrogens with zero attached hydrogens (tertiary/aromatic N) is 1. The van der Waals surface area contributed by atoms with Crippen LogP contribution in [0, 0.1) is 0 Å². The van der Waals surface area contributed by atoms with Crippen LogP contribution in [0.2, 0.25) is 5.02 Å². The van der Waals surface area contributed by atoms with Crippen molar-refractivity contribution in [2.24, 2.45) is 0 Å². The van der Waals surface area contributed by atoms with Crippen LogP contribution in [0.3, 0.4) is 0 Å². The first-order valence-electron chi connectivity index (χ1n) is 7.32. The molecule has 0 unspecified atom stereocenters. The third-order valence-electron chi connectivity index (χ3n) is 3.99. The van der Waals surface area contributed by atoms with E-state index in [0.717, 1.165) is 18.5 Å². The molecule has 4 rings (SSSR count). The Kier molecular flexibility index (Phi) is 3.75. The maximum absolute atomic E-state index is 12.4. The van der Waals surface area contributed by atoms with E-state index in [4.69, 9.17) is 21.1 Å². The molecule has 0 spiro atoms. The summed E-state index contributed by atoms with van der Waals surface area (Å²) in [6.07, 6.45) is 4.28. The number of ether oxygens (including phenoxy) is 2. The molecule has 0 fully saturated rings. The molecule has 0 N–H and O–H groups in total. The van der Waals surface area contributed by atoms with E-state index in [-0.39, 0.29) is 12.7 Å². The number of thiophene rings is 1. The van der Waals surface area contributed by atoms with E-state index in [0.29, 0.717) is 23.1 Å². The number of fused-ring (bicyclic) bond motifs is 2. The molecule has 4 nitrogen and oxygen atoms in total. The molecule has 6 heteroatoms. The maximum atomic E-state index is 12.4. The molecule has 1 amide bonds. The predicted octanol–water partition coefficient (Wildman–Crippen LogP) is 3.73. The van der Waals surface area contributed by atoms with Gasteiger partial charge in [-0.3, -0.25) is 4.79 Å². The van der Waals surface area contributed by atoms with Gasteiger partial charge in [0, 0.05) is 24.0 Å². The summed E-state index contributed by atoms with van der Waals surface area (Å²) in [4.78, 5) is 15.6. The van der Waals surface area contributed by atoms with Crippen LogP contribution in [-0.2, 0) is 17.8 Å². The van der Waals surface area contributed by atoms with Gasteiger partial charge in [0.05, 0.1) is 5.02 Å². The minimum atomic E-state index is 0.00985. The number of benzene rings is 1. The number of carbonyl (C=O) groups is 1. The topological polar surface area (TPSA) is 38.8 Å². The summed E-state index contributed by atoms with van der Waals surface area (Å²) in [6.45, 7) is 1.63. The van der Waals surface area contributed by atoms with Gasteiger partial charge in [-0.15, -0.1) is 11.3 Å². The van der Waals surface area contributed by atoms with E-state index in [1.807, 2.05) is 11.0 Å². The molecular weight excluding hydrogens is 334 g/mol. The van der Waals surface area contributed by atoms with Crippen molar-refractivity contribution in [1.82, 2.24) is 4.90 Å². The highest BCUT2D eigenvalue weighted by Crippen LogP contribution is 2.40. The zero-order chi connectivity index (χ0) is 15.8. The van der Waals surface area contributed by atoms with E-state index < -0.39 is 0 Å². The second-order valence-corrected chi connectivity index (χ2v) is 6.86. The SMILES string of the molecule is O=C(/C=C/c1cc(Cl)c2c(c1)OCO2)N1CCc2sccc2C1. The zero-order valence-corrected chi connectivity index (χ0v) is 13.8. The number of carbonyl (C=O) groups excluding carboxylic acids is 1. The van der Waals surface area contributed by atoms with E-state index in [1.54, 1.807) is 29.6 Å². The van der Waals surface area contributed by atoms with Crippen LogP contribution in [0.25, 0.3) is 6.08 Å². The average molecular weight is 348 g/mol. The monoisotopic (exact) mass is 347 g/mol. The lowest BCUT2D eigenvalue weighted by Gasteiger charge is -2.25. The van der Waals surface area contributed by atoms with Crippen molar-refractivity contribution in [2.75, 3.05) is 13.3 Å². The predicted molar refractivity (Wildman–Crippen MR) is 90.0 cm³/mol. The fourth-order valence-corrected chi connectivity index (χ4v) is 3.96. The van der Waals surface area contributed by atoms with Crippen LogP contribution in [0.15, 0.2) is 29.7 Å². The molecule has 1 aromatic carbocycles. The largest absolute Gasteiger partial charge is 0.454 e. The molecule has 2 aromatic rings. The molecule has 0 saturated heterocycles. The van der Waals surface area contributed by atoms with Gasteiger partial charge in [0.25, 0.3) is 0 Å². The van der Waals surface area contributed by atoms with E-state index in [1.165, 1.54) is 10.4 Å². The van der Waals surface area contributed by atoms with Gasteiger partial charge in [-0.1, -0.05) is 11.6 Å². The lowest BCUT2D eigenvalue weighted by Crippen LogP contribution is -2.34. The van der Waals surface area contributed by atoms with Crippen molar-refractivity contribution in [2.45, 2.75) is 13.0 Å². The number of halogens is 1. The van der Waals surface area contributed by atoms with Crippen LogP contribution in [0.4, 0.5) is 0 Å². The Morgan fingerprint density at radius 1 is 1.35 bits per heavy atom. The Balaban J connectivity index is 1.49. The minimum Gasteiger partial charge on any atom is -0.454 e. The average Bonchev–Trinajstić information content (AvgIpc) is 3.20. The molecule has 2 aliphatic rings. The van der Waals surface area contributed by atoms with Gasteiger partial charge in [-0.2, -0.15) is 0 Å². The standard InChI is InChI=1S/C17H14ClNO3S/c18-13-7-11(8-14-17(13)22-10-21-14)1-2-16(20)19-5-3-15-12(9-19)4-6-23-15/h1-2,4,6-8H,3,5,9-10H2/b2-1+. The molecule has 23 heavy (non-hydrogen) atoms. The molecule has 0 saturated carbocycles. The summed E-state index contributed by atoms with van der Waals surface area (Å²) in [7, 11) is 0. The Bertz CT molecular complexity index is 799. The van der Waals surface area contributed by atoms with Gasteiger partial charge < -0.3 is 14.4 Å². The maximum Gasteiger partial charge on any atom is 0.246 e. The quantitative estimate of drug-likeness (QED) is 0.777. The smallest absolute Gasteiger partial charge is 0.246 e. The van der Waals surface area contributed by atoms with Gasteiger partial charge in [0.1, 0.15) is 0 Å². The van der Waals surface area contributed by atoms with Crippen molar-refractivity contribution in [1.29, 1.82) is 0 Å². The first kappa shape index (κ1) is 14.6. The molecule has 0 bridgehead atoms. The minimum absolute atomic E-state index is 0.00985. The van der Waals surface area contributed by atoms with Gasteiger partial charge in [0.15, 0.2) is 11.5 Å². The lowest BCUT2D eigenvalue weighted by atomic mass is 10.1. The van der Waals surface area contributed by atoms with Crippen molar-refractivity contribution in [3.63, 3.8) is 0 Å². The van der Waals surface area contributed by atoms with Crippen LogP contribution in [0.5, 0.6) is 11.5 Å². The second-order valence-electron chi connectivity index (χ2n) is 5.45. The van der Waals surface area contributed by atoms with Crippen LogP contribution >= 0.6 is 22.9 Å². The number of amides is 1. The van der Waals surface area contributed by atoms with Crippen LogP contribution in [0.1, 0.15) is 16.0 Å². The Morgan fingerprint density at radius 2 is 2.26 bits per heavy atom. The number of hydrogen-bond acceptors (Lipinski definition) is 4. The fourth-order valence-electron chi connectivity index (χ4n) is 2.79. The Hall–Kier alpha value is -1.98.